The van der Waals surface area contributed by atoms with Crippen LogP contribution < -0.4 is 5.32 Å². The summed E-state index contributed by atoms with van der Waals surface area (Å²) in [6.07, 6.45) is 2.64. The van der Waals surface area contributed by atoms with Crippen molar-refractivity contribution in [3.63, 3.8) is 0 Å². The summed E-state index contributed by atoms with van der Waals surface area (Å²) in [7, 11) is 0. The Kier molecular flexibility index (Phi) is 3.34. The average Bonchev–Trinajstić information content (AvgIpc) is 2.19. The highest BCUT2D eigenvalue weighted by Crippen LogP contribution is 2.30. The van der Waals surface area contributed by atoms with Gasteiger partial charge in [0.2, 0.25) is 0 Å². The Labute approximate surface area is 99.3 Å². The van der Waals surface area contributed by atoms with E-state index < -0.39 is 0 Å². The second-order valence-electron chi connectivity index (χ2n) is 5.40. The van der Waals surface area contributed by atoms with Crippen LogP contribution in [0.1, 0.15) is 47.9 Å². The predicted octanol–water partition coefficient (Wildman–Crippen LogP) is 3.47. The number of hydrogen-bond acceptors (Lipinski definition) is 1. The summed E-state index contributed by atoms with van der Waals surface area (Å²) in [5.41, 5.74) is 5.92. The summed E-state index contributed by atoms with van der Waals surface area (Å²) in [6.45, 7) is 10.1. The van der Waals surface area contributed by atoms with Crippen LogP contribution in [0.2, 0.25) is 0 Å². The molecule has 0 saturated carbocycles. The maximum atomic E-state index is 3.60. The molecule has 0 bridgehead atoms. The molecule has 1 aromatic rings. The number of rotatable bonds is 1. The highest BCUT2D eigenvalue weighted by atomic mass is 14.9. The highest BCUT2D eigenvalue weighted by Gasteiger charge is 2.21. The number of aryl methyl sites for hydroxylation is 3. The molecule has 2 unspecified atom stereocenters. The minimum absolute atomic E-state index is 0.697. The van der Waals surface area contributed by atoms with E-state index in [2.05, 4.69) is 45.1 Å². The Balaban J connectivity index is 2.26. The van der Waals surface area contributed by atoms with Gasteiger partial charge in [0.05, 0.1) is 0 Å². The average molecular weight is 217 g/mol. The lowest BCUT2D eigenvalue weighted by molar-refractivity contribution is 0.383. The zero-order valence-corrected chi connectivity index (χ0v) is 10.9. The topological polar surface area (TPSA) is 12.0 Å². The van der Waals surface area contributed by atoms with E-state index in [0.717, 1.165) is 12.5 Å². The molecule has 1 fully saturated rings. The first-order chi connectivity index (χ1) is 7.58. The van der Waals surface area contributed by atoms with Crippen LogP contribution >= 0.6 is 0 Å². The van der Waals surface area contributed by atoms with Crippen LogP contribution in [0.15, 0.2) is 12.1 Å². The SMILES string of the molecule is Cc1cc(C)c(C2CCC(C)NC2)c(C)c1. The standard InChI is InChI=1S/C15H23N/c1-10-7-11(2)15(12(3)8-10)14-6-5-13(4)16-9-14/h7-8,13-14,16H,5-6,9H2,1-4H3. The van der Waals surface area contributed by atoms with Crippen molar-refractivity contribution in [1.29, 1.82) is 0 Å². The number of piperidine rings is 1. The van der Waals surface area contributed by atoms with Gasteiger partial charge in [-0.1, -0.05) is 17.7 Å². The molecule has 16 heavy (non-hydrogen) atoms. The Morgan fingerprint density at radius 3 is 2.19 bits per heavy atom. The maximum absolute atomic E-state index is 3.60. The van der Waals surface area contributed by atoms with Gasteiger partial charge >= 0.3 is 0 Å². The third-order valence-electron chi connectivity index (χ3n) is 3.81. The van der Waals surface area contributed by atoms with E-state index in [4.69, 9.17) is 0 Å². The molecule has 0 aliphatic carbocycles. The molecule has 88 valence electrons. The first-order valence-corrected chi connectivity index (χ1v) is 6.39. The first kappa shape index (κ1) is 11.7. The lowest BCUT2D eigenvalue weighted by Gasteiger charge is -2.30. The van der Waals surface area contributed by atoms with E-state index >= 15 is 0 Å². The van der Waals surface area contributed by atoms with Gasteiger partial charge in [-0.25, -0.2) is 0 Å². The summed E-state index contributed by atoms with van der Waals surface area (Å²) < 4.78 is 0. The summed E-state index contributed by atoms with van der Waals surface area (Å²) in [6, 6.07) is 5.34. The van der Waals surface area contributed by atoms with Crippen molar-refractivity contribution in [3.05, 3.63) is 34.4 Å². The van der Waals surface area contributed by atoms with Crippen LogP contribution in [-0.2, 0) is 0 Å². The zero-order chi connectivity index (χ0) is 11.7. The first-order valence-electron chi connectivity index (χ1n) is 6.39. The van der Waals surface area contributed by atoms with Gasteiger partial charge in [0.15, 0.2) is 0 Å². The van der Waals surface area contributed by atoms with Gasteiger partial charge in [-0.05, 0) is 63.1 Å². The minimum Gasteiger partial charge on any atom is -0.314 e. The highest BCUT2D eigenvalue weighted by molar-refractivity contribution is 5.40. The quantitative estimate of drug-likeness (QED) is 0.759. The van der Waals surface area contributed by atoms with E-state index in [1.165, 1.54) is 29.5 Å². The molecular formula is C15H23N. The molecule has 0 radical (unpaired) electrons. The fourth-order valence-corrected chi connectivity index (χ4v) is 3.08. The van der Waals surface area contributed by atoms with Crippen LogP contribution in [0.5, 0.6) is 0 Å². The second kappa shape index (κ2) is 4.58. The molecule has 1 aliphatic heterocycles. The molecule has 0 amide bonds. The van der Waals surface area contributed by atoms with Crippen molar-refractivity contribution in [1.82, 2.24) is 5.32 Å². The van der Waals surface area contributed by atoms with Crippen LogP contribution in [0, 0.1) is 20.8 Å². The van der Waals surface area contributed by atoms with E-state index in [9.17, 15) is 0 Å². The molecule has 1 heterocycles. The third kappa shape index (κ3) is 2.30. The fourth-order valence-electron chi connectivity index (χ4n) is 3.08. The molecule has 1 saturated heterocycles. The van der Waals surface area contributed by atoms with Crippen molar-refractivity contribution < 1.29 is 0 Å². The number of benzene rings is 1. The Morgan fingerprint density at radius 2 is 1.69 bits per heavy atom. The molecule has 1 aliphatic rings. The second-order valence-corrected chi connectivity index (χ2v) is 5.40. The summed E-state index contributed by atoms with van der Waals surface area (Å²) >= 11 is 0. The van der Waals surface area contributed by atoms with E-state index in [1.807, 2.05) is 0 Å². The van der Waals surface area contributed by atoms with Crippen molar-refractivity contribution in [2.24, 2.45) is 0 Å². The van der Waals surface area contributed by atoms with Crippen molar-refractivity contribution >= 4 is 0 Å². The summed E-state index contributed by atoms with van der Waals surface area (Å²) in [5, 5.41) is 3.60. The molecular weight excluding hydrogens is 194 g/mol. The van der Waals surface area contributed by atoms with E-state index in [0.29, 0.717) is 6.04 Å². The Bertz CT molecular complexity index is 350. The Hall–Kier alpha value is -0.820. The lowest BCUT2D eigenvalue weighted by Crippen LogP contribution is -2.36. The number of nitrogens with one attached hydrogen (secondary N) is 1. The van der Waals surface area contributed by atoms with Gasteiger partial charge in [0, 0.05) is 12.6 Å². The van der Waals surface area contributed by atoms with E-state index in [-0.39, 0.29) is 0 Å². The predicted molar refractivity (Wildman–Crippen MR) is 70.1 cm³/mol. The van der Waals surface area contributed by atoms with Crippen LogP contribution in [-0.4, -0.2) is 12.6 Å². The lowest BCUT2D eigenvalue weighted by atomic mass is 9.83. The van der Waals surface area contributed by atoms with Gasteiger partial charge in [-0.15, -0.1) is 0 Å². The minimum atomic E-state index is 0.697. The van der Waals surface area contributed by atoms with Crippen molar-refractivity contribution in [3.8, 4) is 0 Å². The fraction of sp³-hybridized carbons (Fsp3) is 0.600. The zero-order valence-electron chi connectivity index (χ0n) is 10.9. The maximum Gasteiger partial charge on any atom is 0.00391 e. The third-order valence-corrected chi connectivity index (χ3v) is 3.81. The normalized spacial score (nSPS) is 25.8. The molecule has 2 atom stereocenters. The molecule has 1 aromatic carbocycles. The summed E-state index contributed by atoms with van der Waals surface area (Å²) in [4.78, 5) is 0. The largest absolute Gasteiger partial charge is 0.314 e. The molecule has 2 rings (SSSR count). The molecule has 0 spiro atoms. The van der Waals surface area contributed by atoms with Crippen LogP contribution in [0.4, 0.5) is 0 Å². The number of hydrogen-bond donors (Lipinski definition) is 1. The van der Waals surface area contributed by atoms with E-state index in [1.54, 1.807) is 5.56 Å². The van der Waals surface area contributed by atoms with Crippen LogP contribution in [0.3, 0.4) is 0 Å². The van der Waals surface area contributed by atoms with Gasteiger partial charge in [0.25, 0.3) is 0 Å². The van der Waals surface area contributed by atoms with Gasteiger partial charge in [-0.3, -0.25) is 0 Å². The van der Waals surface area contributed by atoms with Gasteiger partial charge in [-0.2, -0.15) is 0 Å². The van der Waals surface area contributed by atoms with Gasteiger partial charge in [0.1, 0.15) is 0 Å². The van der Waals surface area contributed by atoms with Crippen LogP contribution in [0.25, 0.3) is 0 Å². The molecule has 1 heteroatoms. The van der Waals surface area contributed by atoms with Crippen molar-refractivity contribution in [2.75, 3.05) is 6.54 Å². The molecule has 1 nitrogen and oxygen atoms in total. The smallest absolute Gasteiger partial charge is 0.00391 e. The van der Waals surface area contributed by atoms with Gasteiger partial charge < -0.3 is 5.32 Å². The Morgan fingerprint density at radius 1 is 1.06 bits per heavy atom. The molecule has 1 N–H and O–H groups in total. The van der Waals surface area contributed by atoms with Crippen molar-refractivity contribution in [2.45, 2.75) is 52.5 Å². The summed E-state index contributed by atoms with van der Waals surface area (Å²) in [5.74, 6) is 0.719. The monoisotopic (exact) mass is 217 g/mol. The molecule has 0 aromatic heterocycles.